The molecule has 0 amide bonds. The summed E-state index contributed by atoms with van der Waals surface area (Å²) in [6, 6.07) is 13.6. The van der Waals surface area contributed by atoms with E-state index >= 15 is 0 Å². The number of nitrogens with one attached hydrogen (secondary N) is 1. The third-order valence-corrected chi connectivity index (χ3v) is 4.29. The minimum atomic E-state index is -0.0210. The van der Waals surface area contributed by atoms with Gasteiger partial charge in [-0.3, -0.25) is 9.36 Å². The van der Waals surface area contributed by atoms with E-state index in [0.717, 1.165) is 29.1 Å². The molecule has 124 valence electrons. The van der Waals surface area contributed by atoms with E-state index in [1.165, 1.54) is 5.56 Å². The first-order chi connectivity index (χ1) is 11.5. The number of aromatic nitrogens is 2. The van der Waals surface area contributed by atoms with Crippen molar-refractivity contribution < 1.29 is 0 Å². The quantitative estimate of drug-likeness (QED) is 0.797. The third kappa shape index (κ3) is 2.85. The van der Waals surface area contributed by atoms with Crippen molar-refractivity contribution in [2.24, 2.45) is 0 Å². The number of fused-ring (bicyclic) bond motifs is 1. The van der Waals surface area contributed by atoms with Gasteiger partial charge in [0.25, 0.3) is 5.56 Å². The molecule has 1 aromatic heterocycles. The van der Waals surface area contributed by atoms with Gasteiger partial charge in [-0.1, -0.05) is 36.8 Å². The molecule has 3 rings (SSSR count). The van der Waals surface area contributed by atoms with Crippen LogP contribution in [0.25, 0.3) is 16.6 Å². The van der Waals surface area contributed by atoms with Gasteiger partial charge in [-0.25, -0.2) is 4.98 Å². The number of hydrogen-bond acceptors (Lipinski definition) is 3. The van der Waals surface area contributed by atoms with Crippen molar-refractivity contribution in [3.63, 3.8) is 0 Å². The molecule has 4 nitrogen and oxygen atoms in total. The average molecular weight is 321 g/mol. The zero-order valence-corrected chi connectivity index (χ0v) is 14.6. The molecule has 0 radical (unpaired) electrons. The van der Waals surface area contributed by atoms with Gasteiger partial charge in [-0.05, 0) is 51.1 Å². The molecule has 1 heterocycles. The van der Waals surface area contributed by atoms with Crippen molar-refractivity contribution in [1.82, 2.24) is 14.9 Å². The summed E-state index contributed by atoms with van der Waals surface area (Å²) >= 11 is 0. The monoisotopic (exact) mass is 321 g/mol. The summed E-state index contributed by atoms with van der Waals surface area (Å²) in [6.07, 6.45) is 0. The zero-order chi connectivity index (χ0) is 17.3. The van der Waals surface area contributed by atoms with Gasteiger partial charge in [0.1, 0.15) is 5.82 Å². The second kappa shape index (κ2) is 6.57. The van der Waals surface area contributed by atoms with Crippen LogP contribution in [0.3, 0.4) is 0 Å². The van der Waals surface area contributed by atoms with E-state index in [1.807, 2.05) is 50.2 Å². The van der Waals surface area contributed by atoms with Crippen molar-refractivity contribution in [1.29, 1.82) is 0 Å². The van der Waals surface area contributed by atoms with E-state index < -0.39 is 0 Å². The number of para-hydroxylation sites is 1. The second-order valence-corrected chi connectivity index (χ2v) is 6.20. The van der Waals surface area contributed by atoms with Gasteiger partial charge in [-0.2, -0.15) is 0 Å². The van der Waals surface area contributed by atoms with Gasteiger partial charge in [0.15, 0.2) is 0 Å². The Morgan fingerprint density at radius 1 is 1.17 bits per heavy atom. The fraction of sp³-hybridized carbons (Fsp3) is 0.300. The zero-order valence-electron chi connectivity index (χ0n) is 14.6. The van der Waals surface area contributed by atoms with Gasteiger partial charge in [0.2, 0.25) is 0 Å². The lowest BCUT2D eigenvalue weighted by Crippen LogP contribution is -2.30. The molecule has 2 aromatic carbocycles. The Bertz CT molecular complexity index is 943. The first kappa shape index (κ1) is 16.4. The van der Waals surface area contributed by atoms with E-state index in [-0.39, 0.29) is 11.6 Å². The molecule has 0 spiro atoms. The maximum atomic E-state index is 13.2. The minimum Gasteiger partial charge on any atom is -0.308 e. The lowest BCUT2D eigenvalue weighted by molar-refractivity contribution is 0.550. The van der Waals surface area contributed by atoms with E-state index in [1.54, 1.807) is 4.57 Å². The SMILES string of the molecule is CCNC(C)c1nc2ccccc2c(=O)n1-c1ccc(C)cc1C. The van der Waals surface area contributed by atoms with Crippen LogP contribution in [0.4, 0.5) is 0 Å². The van der Waals surface area contributed by atoms with Crippen molar-refractivity contribution >= 4 is 10.9 Å². The summed E-state index contributed by atoms with van der Waals surface area (Å²) < 4.78 is 1.75. The van der Waals surface area contributed by atoms with Crippen LogP contribution in [0, 0.1) is 13.8 Å². The molecule has 1 N–H and O–H groups in total. The molecule has 0 aliphatic heterocycles. The summed E-state index contributed by atoms with van der Waals surface area (Å²) in [5.41, 5.74) is 3.86. The highest BCUT2D eigenvalue weighted by molar-refractivity contribution is 5.78. The predicted octanol–water partition coefficient (Wildman–Crippen LogP) is 3.67. The Morgan fingerprint density at radius 2 is 1.92 bits per heavy atom. The fourth-order valence-corrected chi connectivity index (χ4v) is 3.13. The van der Waals surface area contributed by atoms with Crippen LogP contribution in [0.1, 0.15) is 36.8 Å². The molecule has 0 bridgehead atoms. The largest absolute Gasteiger partial charge is 0.308 e. The highest BCUT2D eigenvalue weighted by Crippen LogP contribution is 2.21. The maximum absolute atomic E-state index is 13.2. The molecule has 0 saturated heterocycles. The molecule has 0 saturated carbocycles. The molecule has 4 heteroatoms. The molecule has 3 aromatic rings. The molecule has 0 aliphatic rings. The summed E-state index contributed by atoms with van der Waals surface area (Å²) in [7, 11) is 0. The smallest absolute Gasteiger partial charge is 0.266 e. The maximum Gasteiger partial charge on any atom is 0.266 e. The summed E-state index contributed by atoms with van der Waals surface area (Å²) in [6.45, 7) is 9.00. The highest BCUT2D eigenvalue weighted by Gasteiger charge is 2.18. The molecule has 1 atom stereocenters. The van der Waals surface area contributed by atoms with E-state index in [4.69, 9.17) is 4.98 Å². The Labute approximate surface area is 142 Å². The van der Waals surface area contributed by atoms with Gasteiger partial charge in [-0.15, -0.1) is 0 Å². The Kier molecular flexibility index (Phi) is 4.49. The Hall–Kier alpha value is -2.46. The van der Waals surface area contributed by atoms with Gasteiger partial charge < -0.3 is 5.32 Å². The van der Waals surface area contributed by atoms with Gasteiger partial charge in [0.05, 0.1) is 22.6 Å². The lowest BCUT2D eigenvalue weighted by atomic mass is 10.1. The lowest BCUT2D eigenvalue weighted by Gasteiger charge is -2.20. The van der Waals surface area contributed by atoms with Gasteiger partial charge >= 0.3 is 0 Å². The second-order valence-electron chi connectivity index (χ2n) is 6.20. The highest BCUT2D eigenvalue weighted by atomic mass is 16.1. The topological polar surface area (TPSA) is 46.9 Å². The molecule has 24 heavy (non-hydrogen) atoms. The molecule has 0 fully saturated rings. The standard InChI is InChI=1S/C20H23N3O/c1-5-21-15(4)19-22-17-9-7-6-8-16(17)20(24)23(19)18-11-10-13(2)12-14(18)3/h6-12,15,21H,5H2,1-4H3. The molecular formula is C20H23N3O. The normalized spacial score (nSPS) is 12.5. The molecular weight excluding hydrogens is 298 g/mol. The van der Waals surface area contributed by atoms with Crippen LogP contribution < -0.4 is 10.9 Å². The van der Waals surface area contributed by atoms with Crippen molar-refractivity contribution in [3.8, 4) is 5.69 Å². The van der Waals surface area contributed by atoms with Crippen molar-refractivity contribution in [2.45, 2.75) is 33.7 Å². The molecule has 1 unspecified atom stereocenters. The fourth-order valence-electron chi connectivity index (χ4n) is 3.13. The molecule has 0 aliphatic carbocycles. The van der Waals surface area contributed by atoms with Crippen LogP contribution >= 0.6 is 0 Å². The first-order valence-corrected chi connectivity index (χ1v) is 8.35. The average Bonchev–Trinajstić information content (AvgIpc) is 2.56. The van der Waals surface area contributed by atoms with Crippen LogP contribution in [-0.4, -0.2) is 16.1 Å². The summed E-state index contributed by atoms with van der Waals surface area (Å²) in [5.74, 6) is 0.743. The summed E-state index contributed by atoms with van der Waals surface area (Å²) in [4.78, 5) is 18.0. The minimum absolute atomic E-state index is 0.0204. The van der Waals surface area contributed by atoms with Crippen LogP contribution in [0.15, 0.2) is 47.3 Å². The number of nitrogens with zero attached hydrogens (tertiary/aromatic N) is 2. The number of aryl methyl sites for hydroxylation is 2. The first-order valence-electron chi connectivity index (χ1n) is 8.35. The van der Waals surface area contributed by atoms with E-state index in [2.05, 4.69) is 25.2 Å². The number of rotatable bonds is 4. The summed E-state index contributed by atoms with van der Waals surface area (Å²) in [5, 5.41) is 4.02. The predicted molar refractivity (Wildman–Crippen MR) is 98.9 cm³/mol. The van der Waals surface area contributed by atoms with Crippen LogP contribution in [0.2, 0.25) is 0 Å². The number of hydrogen-bond donors (Lipinski definition) is 1. The third-order valence-electron chi connectivity index (χ3n) is 4.29. The van der Waals surface area contributed by atoms with Crippen molar-refractivity contribution in [3.05, 3.63) is 69.8 Å². The Balaban J connectivity index is 2.37. The van der Waals surface area contributed by atoms with Crippen molar-refractivity contribution in [2.75, 3.05) is 6.54 Å². The van der Waals surface area contributed by atoms with Crippen LogP contribution in [-0.2, 0) is 0 Å². The Morgan fingerprint density at radius 3 is 2.62 bits per heavy atom. The van der Waals surface area contributed by atoms with Gasteiger partial charge in [0, 0.05) is 0 Å². The van der Waals surface area contributed by atoms with E-state index in [9.17, 15) is 4.79 Å². The van der Waals surface area contributed by atoms with E-state index in [0.29, 0.717) is 5.39 Å². The van der Waals surface area contributed by atoms with Crippen LogP contribution in [0.5, 0.6) is 0 Å². The number of benzene rings is 2.